The maximum atomic E-state index is 12.8. The van der Waals surface area contributed by atoms with Crippen LogP contribution < -0.4 is 15.8 Å². The Balaban J connectivity index is 1.39. The van der Waals surface area contributed by atoms with Gasteiger partial charge < -0.3 is 10.2 Å². The van der Waals surface area contributed by atoms with Gasteiger partial charge in [0.1, 0.15) is 6.04 Å². The molecule has 150 valence electrons. The van der Waals surface area contributed by atoms with Crippen LogP contribution in [0.25, 0.3) is 4.96 Å². The first-order valence-electron chi connectivity index (χ1n) is 10.2. The van der Waals surface area contributed by atoms with Gasteiger partial charge in [-0.2, -0.15) is 4.52 Å². The van der Waals surface area contributed by atoms with Crippen LogP contribution >= 0.6 is 11.3 Å². The number of amides is 1. The van der Waals surface area contributed by atoms with Crippen molar-refractivity contribution in [2.75, 3.05) is 11.4 Å². The van der Waals surface area contributed by atoms with Crippen LogP contribution in [0, 0.1) is 0 Å². The predicted octanol–water partition coefficient (Wildman–Crippen LogP) is 2.32. The minimum Gasteiger partial charge on any atom is -0.350 e. The number of carbonyl (C=O) groups is 1. The van der Waals surface area contributed by atoms with Gasteiger partial charge in [-0.05, 0) is 44.1 Å². The van der Waals surface area contributed by atoms with Gasteiger partial charge >= 0.3 is 0 Å². The summed E-state index contributed by atoms with van der Waals surface area (Å²) in [5.41, 5.74) is 2.77. The SMILES string of the molecule is O=C(NCc1ccccc1)C1CCCN1c1nn2c(=O)c3c(nc2s1)CCCC3. The van der Waals surface area contributed by atoms with Gasteiger partial charge in [-0.25, -0.2) is 4.98 Å². The lowest BCUT2D eigenvalue weighted by atomic mass is 9.97. The van der Waals surface area contributed by atoms with E-state index >= 15 is 0 Å². The van der Waals surface area contributed by atoms with Gasteiger partial charge in [-0.15, -0.1) is 5.10 Å². The molecular weight excluding hydrogens is 386 g/mol. The van der Waals surface area contributed by atoms with E-state index < -0.39 is 0 Å². The van der Waals surface area contributed by atoms with Crippen molar-refractivity contribution in [3.05, 3.63) is 57.5 Å². The molecule has 1 amide bonds. The third kappa shape index (κ3) is 3.42. The van der Waals surface area contributed by atoms with E-state index in [1.165, 1.54) is 15.9 Å². The number of aromatic nitrogens is 3. The van der Waals surface area contributed by atoms with Crippen molar-refractivity contribution in [3.8, 4) is 0 Å². The molecule has 8 heteroatoms. The molecule has 0 saturated carbocycles. The van der Waals surface area contributed by atoms with E-state index in [4.69, 9.17) is 4.98 Å². The highest BCUT2D eigenvalue weighted by Crippen LogP contribution is 2.30. The fourth-order valence-corrected chi connectivity index (χ4v) is 5.24. The molecule has 1 unspecified atom stereocenters. The summed E-state index contributed by atoms with van der Waals surface area (Å²) in [7, 11) is 0. The fraction of sp³-hybridized carbons (Fsp3) is 0.429. The maximum absolute atomic E-state index is 12.8. The van der Waals surface area contributed by atoms with Gasteiger partial charge in [0.15, 0.2) is 0 Å². The Morgan fingerprint density at radius 2 is 2.00 bits per heavy atom. The van der Waals surface area contributed by atoms with Crippen molar-refractivity contribution in [1.29, 1.82) is 0 Å². The molecule has 1 aliphatic carbocycles. The summed E-state index contributed by atoms with van der Waals surface area (Å²) in [4.78, 5) is 33.0. The Bertz CT molecular complexity index is 1110. The molecule has 2 aliphatic rings. The maximum Gasteiger partial charge on any atom is 0.278 e. The third-order valence-corrected chi connectivity index (χ3v) is 6.73. The van der Waals surface area contributed by atoms with E-state index in [1.54, 1.807) is 0 Å². The number of carbonyl (C=O) groups excluding carboxylic acids is 1. The van der Waals surface area contributed by atoms with Crippen molar-refractivity contribution in [1.82, 2.24) is 19.9 Å². The monoisotopic (exact) mass is 409 g/mol. The van der Waals surface area contributed by atoms with Crippen LogP contribution in [0.1, 0.15) is 42.5 Å². The molecule has 2 aromatic heterocycles. The van der Waals surface area contributed by atoms with Crippen molar-refractivity contribution in [3.63, 3.8) is 0 Å². The summed E-state index contributed by atoms with van der Waals surface area (Å²) in [6.07, 6.45) is 5.47. The first kappa shape index (κ1) is 18.3. The Labute approximate surface area is 172 Å². The number of anilines is 1. The second-order valence-electron chi connectivity index (χ2n) is 7.68. The number of benzene rings is 1. The van der Waals surface area contributed by atoms with Crippen LogP contribution in [0.2, 0.25) is 0 Å². The van der Waals surface area contributed by atoms with Crippen LogP contribution in [0.15, 0.2) is 35.1 Å². The third-order valence-electron chi connectivity index (χ3n) is 5.78. The fourth-order valence-electron chi connectivity index (χ4n) is 4.25. The lowest BCUT2D eigenvalue weighted by Crippen LogP contribution is -2.43. The number of hydrogen-bond donors (Lipinski definition) is 1. The van der Waals surface area contributed by atoms with E-state index in [2.05, 4.69) is 10.4 Å². The van der Waals surface area contributed by atoms with Crippen LogP contribution in [0.5, 0.6) is 0 Å². The summed E-state index contributed by atoms with van der Waals surface area (Å²) in [6.45, 7) is 1.27. The second kappa shape index (κ2) is 7.59. The standard InChI is InChI=1S/C21H23N5O2S/c27-18(22-13-14-7-2-1-3-8-14)17-11-6-12-25(17)21-24-26-19(28)15-9-4-5-10-16(15)23-20(26)29-21/h1-3,7-8,17H,4-6,9-13H2,(H,22,27). The van der Waals surface area contributed by atoms with Gasteiger partial charge in [0, 0.05) is 18.7 Å². The zero-order valence-electron chi connectivity index (χ0n) is 16.1. The molecule has 3 aromatic rings. The van der Waals surface area contributed by atoms with Crippen LogP contribution in [0.3, 0.4) is 0 Å². The van der Waals surface area contributed by atoms with Crippen LogP contribution in [0.4, 0.5) is 5.13 Å². The second-order valence-corrected chi connectivity index (χ2v) is 8.62. The Hall–Kier alpha value is -2.74. The van der Waals surface area contributed by atoms with Gasteiger partial charge in [0.25, 0.3) is 5.56 Å². The quantitative estimate of drug-likeness (QED) is 0.715. The first-order chi connectivity index (χ1) is 14.2. The molecule has 7 nitrogen and oxygen atoms in total. The lowest BCUT2D eigenvalue weighted by molar-refractivity contribution is -0.122. The molecule has 1 N–H and O–H groups in total. The molecule has 29 heavy (non-hydrogen) atoms. The Morgan fingerprint density at radius 3 is 2.86 bits per heavy atom. The molecule has 1 saturated heterocycles. The van der Waals surface area contributed by atoms with E-state index in [0.29, 0.717) is 16.6 Å². The summed E-state index contributed by atoms with van der Waals surface area (Å²) in [5.74, 6) is 0.00482. The number of nitrogens with one attached hydrogen (secondary N) is 1. The molecule has 3 heterocycles. The molecule has 1 fully saturated rings. The summed E-state index contributed by atoms with van der Waals surface area (Å²) < 4.78 is 1.43. The zero-order chi connectivity index (χ0) is 19.8. The summed E-state index contributed by atoms with van der Waals surface area (Å²) in [5, 5.41) is 8.31. The minimum absolute atomic E-state index is 0.00482. The summed E-state index contributed by atoms with van der Waals surface area (Å²) >= 11 is 1.40. The van der Waals surface area contributed by atoms with Crippen molar-refractivity contribution >= 4 is 27.3 Å². The number of nitrogens with zero attached hydrogens (tertiary/aromatic N) is 4. The van der Waals surface area contributed by atoms with Crippen LogP contribution in [-0.4, -0.2) is 33.1 Å². The van der Waals surface area contributed by atoms with E-state index in [1.807, 2.05) is 35.2 Å². The van der Waals surface area contributed by atoms with Crippen molar-refractivity contribution < 1.29 is 4.79 Å². The van der Waals surface area contributed by atoms with E-state index in [0.717, 1.165) is 61.9 Å². The molecular formula is C21H23N5O2S. The molecule has 1 atom stereocenters. The summed E-state index contributed by atoms with van der Waals surface area (Å²) in [6, 6.07) is 9.64. The van der Waals surface area contributed by atoms with Gasteiger partial charge in [0.05, 0.1) is 5.69 Å². The highest BCUT2D eigenvalue weighted by Gasteiger charge is 2.33. The molecule has 0 spiro atoms. The van der Waals surface area contributed by atoms with Gasteiger partial charge in [0.2, 0.25) is 16.0 Å². The molecule has 1 aromatic carbocycles. The molecule has 1 aliphatic heterocycles. The lowest BCUT2D eigenvalue weighted by Gasteiger charge is -2.22. The number of hydrogen-bond acceptors (Lipinski definition) is 6. The average Bonchev–Trinajstić information content (AvgIpc) is 3.40. The van der Waals surface area contributed by atoms with Crippen LogP contribution in [-0.2, 0) is 24.2 Å². The smallest absolute Gasteiger partial charge is 0.278 e. The van der Waals surface area contributed by atoms with Crippen molar-refractivity contribution in [2.45, 2.75) is 51.1 Å². The molecule has 0 bridgehead atoms. The van der Waals surface area contributed by atoms with Gasteiger partial charge in [-0.1, -0.05) is 41.7 Å². The predicted molar refractivity (Wildman–Crippen MR) is 112 cm³/mol. The Morgan fingerprint density at radius 1 is 1.17 bits per heavy atom. The Kier molecular flexibility index (Phi) is 4.79. The highest BCUT2D eigenvalue weighted by atomic mass is 32.1. The van der Waals surface area contributed by atoms with E-state index in [-0.39, 0.29) is 17.5 Å². The van der Waals surface area contributed by atoms with Crippen molar-refractivity contribution in [2.24, 2.45) is 0 Å². The largest absolute Gasteiger partial charge is 0.350 e. The average molecular weight is 410 g/mol. The highest BCUT2D eigenvalue weighted by molar-refractivity contribution is 7.20. The number of aryl methyl sites for hydroxylation is 1. The van der Waals surface area contributed by atoms with Gasteiger partial charge in [-0.3, -0.25) is 9.59 Å². The number of rotatable bonds is 4. The minimum atomic E-state index is -0.260. The molecule has 0 radical (unpaired) electrons. The first-order valence-corrected chi connectivity index (χ1v) is 11.0. The molecule has 5 rings (SSSR count). The number of fused-ring (bicyclic) bond motifs is 2. The zero-order valence-corrected chi connectivity index (χ0v) is 17.0. The topological polar surface area (TPSA) is 79.6 Å². The normalized spacial score (nSPS) is 18.8. The van der Waals surface area contributed by atoms with E-state index in [9.17, 15) is 9.59 Å².